The number of carbonyl (C=O) groups excluding carboxylic acids is 3. The van der Waals surface area contributed by atoms with Gasteiger partial charge in [-0.2, -0.15) is 0 Å². The van der Waals surface area contributed by atoms with Gasteiger partial charge in [0.2, 0.25) is 5.24 Å². The summed E-state index contributed by atoms with van der Waals surface area (Å²) >= 11 is 5.24. The summed E-state index contributed by atoms with van der Waals surface area (Å²) in [6.07, 6.45) is -1.01. The van der Waals surface area contributed by atoms with Crippen LogP contribution in [0.1, 0.15) is 12.0 Å². The largest absolute Gasteiger partial charge is 0.444 e. The fourth-order valence-corrected chi connectivity index (χ4v) is 1.92. The molecule has 0 spiro atoms. The van der Waals surface area contributed by atoms with Gasteiger partial charge in [-0.05, 0) is 17.2 Å². The molecular formula is C13H12ClNO5. The van der Waals surface area contributed by atoms with Crippen molar-refractivity contribution in [3.05, 3.63) is 35.9 Å². The van der Waals surface area contributed by atoms with Crippen LogP contribution in [-0.4, -0.2) is 35.0 Å². The van der Waals surface area contributed by atoms with Gasteiger partial charge in [-0.3, -0.25) is 9.69 Å². The summed E-state index contributed by atoms with van der Waals surface area (Å²) in [7, 11) is 0. The van der Waals surface area contributed by atoms with Gasteiger partial charge >= 0.3 is 12.1 Å². The number of benzene rings is 1. The van der Waals surface area contributed by atoms with Crippen LogP contribution in [0.5, 0.6) is 0 Å². The van der Waals surface area contributed by atoms with Crippen LogP contribution < -0.4 is 0 Å². The number of nitrogens with zero attached hydrogens (tertiary/aromatic N) is 1. The van der Waals surface area contributed by atoms with Gasteiger partial charge in [0.15, 0.2) is 6.73 Å². The van der Waals surface area contributed by atoms with Gasteiger partial charge in [0.1, 0.15) is 12.6 Å². The van der Waals surface area contributed by atoms with Crippen LogP contribution in [0.25, 0.3) is 0 Å². The van der Waals surface area contributed by atoms with Crippen LogP contribution >= 0.6 is 11.6 Å². The zero-order valence-corrected chi connectivity index (χ0v) is 11.2. The maximum atomic E-state index is 11.9. The lowest BCUT2D eigenvalue weighted by Gasteiger charge is -2.18. The molecule has 7 heteroatoms. The number of halogens is 1. The van der Waals surface area contributed by atoms with Gasteiger partial charge in [-0.25, -0.2) is 9.59 Å². The predicted octanol–water partition coefficient (Wildman–Crippen LogP) is 1.66. The van der Waals surface area contributed by atoms with Crippen LogP contribution in [0.2, 0.25) is 0 Å². The van der Waals surface area contributed by atoms with Crippen molar-refractivity contribution in [1.29, 1.82) is 0 Å². The topological polar surface area (TPSA) is 72.9 Å². The summed E-state index contributed by atoms with van der Waals surface area (Å²) in [6.45, 7) is -0.160. The first-order valence-corrected chi connectivity index (χ1v) is 6.28. The number of cyclic esters (lactones) is 1. The molecule has 6 nitrogen and oxygen atoms in total. The molecule has 1 fully saturated rings. The Balaban J connectivity index is 1.94. The van der Waals surface area contributed by atoms with Crippen molar-refractivity contribution in [1.82, 2.24) is 4.90 Å². The minimum Gasteiger partial charge on any atom is -0.444 e. The van der Waals surface area contributed by atoms with Gasteiger partial charge in [-0.1, -0.05) is 30.3 Å². The summed E-state index contributed by atoms with van der Waals surface area (Å²) in [5.74, 6) is -0.657. The second-order valence-corrected chi connectivity index (χ2v) is 4.60. The van der Waals surface area contributed by atoms with Crippen LogP contribution in [0.4, 0.5) is 4.79 Å². The predicted molar refractivity (Wildman–Crippen MR) is 68.7 cm³/mol. The van der Waals surface area contributed by atoms with E-state index in [1.165, 1.54) is 0 Å². The number of rotatable bonds is 4. The van der Waals surface area contributed by atoms with Gasteiger partial charge < -0.3 is 9.47 Å². The summed E-state index contributed by atoms with van der Waals surface area (Å²) in [5.41, 5.74) is 0.817. The Morgan fingerprint density at radius 3 is 2.70 bits per heavy atom. The minimum atomic E-state index is -1.01. The lowest BCUT2D eigenvalue weighted by Crippen LogP contribution is -2.39. The van der Waals surface area contributed by atoms with Crippen molar-refractivity contribution >= 4 is 28.9 Å². The highest BCUT2D eigenvalue weighted by molar-refractivity contribution is 6.63. The molecule has 106 valence electrons. The van der Waals surface area contributed by atoms with Crippen molar-refractivity contribution in [3.8, 4) is 0 Å². The summed E-state index contributed by atoms with van der Waals surface area (Å²) in [6, 6.07) is 8.09. The molecule has 1 amide bonds. The first kappa shape index (κ1) is 14.3. The third-order valence-corrected chi connectivity index (χ3v) is 2.94. The lowest BCUT2D eigenvalue weighted by molar-refractivity contribution is -0.139. The van der Waals surface area contributed by atoms with E-state index in [0.29, 0.717) is 0 Å². The molecule has 1 atom stereocenters. The Morgan fingerprint density at radius 1 is 1.35 bits per heavy atom. The van der Waals surface area contributed by atoms with E-state index in [-0.39, 0.29) is 19.8 Å². The van der Waals surface area contributed by atoms with E-state index >= 15 is 0 Å². The van der Waals surface area contributed by atoms with E-state index in [9.17, 15) is 14.4 Å². The highest BCUT2D eigenvalue weighted by Gasteiger charge is 2.39. The van der Waals surface area contributed by atoms with Crippen LogP contribution in [0.15, 0.2) is 30.3 Å². The van der Waals surface area contributed by atoms with E-state index in [1.807, 2.05) is 18.2 Å². The molecule has 1 aromatic carbocycles. The molecule has 0 radical (unpaired) electrons. The fourth-order valence-electron chi connectivity index (χ4n) is 1.77. The summed E-state index contributed by atoms with van der Waals surface area (Å²) in [4.78, 5) is 35.2. The maximum absolute atomic E-state index is 11.9. The van der Waals surface area contributed by atoms with Crippen LogP contribution in [-0.2, 0) is 25.7 Å². The van der Waals surface area contributed by atoms with Gasteiger partial charge in [-0.15, -0.1) is 0 Å². The van der Waals surface area contributed by atoms with Crippen molar-refractivity contribution in [2.75, 3.05) is 6.73 Å². The normalized spacial score (nSPS) is 17.8. The van der Waals surface area contributed by atoms with Gasteiger partial charge in [0.05, 0.1) is 6.42 Å². The van der Waals surface area contributed by atoms with Gasteiger partial charge in [0, 0.05) is 0 Å². The monoisotopic (exact) mass is 297 g/mol. The van der Waals surface area contributed by atoms with E-state index < -0.39 is 23.3 Å². The zero-order chi connectivity index (χ0) is 14.5. The Labute approximate surface area is 120 Å². The number of carbonyl (C=O) groups is 3. The SMILES string of the molecule is O=C(Cl)C[C@@H]1C(=O)OCN1C(=O)OCc1ccccc1. The summed E-state index contributed by atoms with van der Waals surface area (Å²) in [5, 5.41) is -0.713. The molecule has 0 unspecified atom stereocenters. The average molecular weight is 298 g/mol. The van der Waals surface area contributed by atoms with E-state index in [0.717, 1.165) is 10.5 Å². The molecule has 2 rings (SSSR count). The van der Waals surface area contributed by atoms with E-state index in [4.69, 9.17) is 21.1 Å². The van der Waals surface area contributed by atoms with Crippen molar-refractivity contribution < 1.29 is 23.9 Å². The molecule has 20 heavy (non-hydrogen) atoms. The molecular weight excluding hydrogens is 286 g/mol. The molecule has 1 aromatic rings. The first-order chi connectivity index (χ1) is 9.58. The maximum Gasteiger partial charge on any atom is 0.413 e. The lowest BCUT2D eigenvalue weighted by atomic mass is 10.2. The highest BCUT2D eigenvalue weighted by atomic mass is 35.5. The standard InChI is InChI=1S/C13H12ClNO5/c14-11(16)6-10-12(17)20-8-15(10)13(18)19-7-9-4-2-1-3-5-9/h1-5,10H,6-8H2/t10-/m1/s1. The third-order valence-electron chi connectivity index (χ3n) is 2.79. The molecule has 0 bridgehead atoms. The van der Waals surface area contributed by atoms with Crippen molar-refractivity contribution in [2.24, 2.45) is 0 Å². The van der Waals surface area contributed by atoms with Crippen LogP contribution in [0, 0.1) is 0 Å². The number of esters is 1. The highest BCUT2D eigenvalue weighted by Crippen LogP contribution is 2.17. The Bertz CT molecular complexity index is 519. The average Bonchev–Trinajstić information content (AvgIpc) is 2.78. The molecule has 1 heterocycles. The second-order valence-electron chi connectivity index (χ2n) is 4.18. The van der Waals surface area contributed by atoms with Crippen molar-refractivity contribution in [2.45, 2.75) is 19.1 Å². The number of hydrogen-bond acceptors (Lipinski definition) is 5. The number of hydrogen-bond donors (Lipinski definition) is 0. The minimum absolute atomic E-state index is 0.0753. The smallest absolute Gasteiger partial charge is 0.413 e. The Hall–Kier alpha value is -2.08. The zero-order valence-electron chi connectivity index (χ0n) is 10.5. The Morgan fingerprint density at radius 2 is 2.05 bits per heavy atom. The first-order valence-electron chi connectivity index (χ1n) is 5.90. The molecule has 0 N–H and O–H groups in total. The molecule has 0 aliphatic carbocycles. The van der Waals surface area contributed by atoms with Crippen molar-refractivity contribution in [3.63, 3.8) is 0 Å². The van der Waals surface area contributed by atoms with E-state index in [2.05, 4.69) is 0 Å². The number of ether oxygens (including phenoxy) is 2. The van der Waals surface area contributed by atoms with Gasteiger partial charge in [0.25, 0.3) is 0 Å². The van der Waals surface area contributed by atoms with Crippen LogP contribution in [0.3, 0.4) is 0 Å². The summed E-state index contributed by atoms with van der Waals surface area (Å²) < 4.78 is 9.80. The molecule has 0 aromatic heterocycles. The fraction of sp³-hybridized carbons (Fsp3) is 0.308. The second kappa shape index (κ2) is 6.38. The molecule has 1 saturated heterocycles. The quantitative estimate of drug-likeness (QED) is 0.624. The molecule has 0 saturated carbocycles. The molecule has 1 aliphatic heterocycles. The number of amides is 1. The Kier molecular flexibility index (Phi) is 4.57. The molecule has 1 aliphatic rings. The third kappa shape index (κ3) is 3.48. The van der Waals surface area contributed by atoms with E-state index in [1.54, 1.807) is 12.1 Å².